The van der Waals surface area contributed by atoms with Gasteiger partial charge in [-0.15, -0.1) is 0 Å². The fraction of sp³-hybridized carbons (Fsp3) is 0.208. The summed E-state index contributed by atoms with van der Waals surface area (Å²) in [7, 11) is 0. The lowest BCUT2D eigenvalue weighted by atomic mass is 10.1. The van der Waals surface area contributed by atoms with Crippen molar-refractivity contribution in [3.63, 3.8) is 0 Å². The van der Waals surface area contributed by atoms with Crippen molar-refractivity contribution in [3.05, 3.63) is 93.5 Å². The van der Waals surface area contributed by atoms with Crippen LogP contribution in [-0.4, -0.2) is 24.4 Å². The van der Waals surface area contributed by atoms with Crippen molar-refractivity contribution >= 4 is 17.6 Å². The normalized spacial score (nSPS) is 10.8. The Kier molecular flexibility index (Phi) is 7.59. The van der Waals surface area contributed by atoms with E-state index in [1.165, 1.54) is 17.7 Å². The standard InChI is InChI=1S/C24H25N3O4/c1-18-8-13-23(19(2)16-18)30-14-5-15-31-24-7-4-3-6-20(24)17-25-26-21-9-11-22(12-10-21)27(28)29/h3-4,6-13,16-17,26H,5,14-15H2,1-2H3/b25-17-. The van der Waals surface area contributed by atoms with Gasteiger partial charge in [-0.05, 0) is 49.7 Å². The summed E-state index contributed by atoms with van der Waals surface area (Å²) in [6, 6.07) is 19.8. The number of nitro groups is 1. The first-order valence-electron chi connectivity index (χ1n) is 9.98. The number of nitro benzene ring substituents is 1. The second-order valence-electron chi connectivity index (χ2n) is 7.03. The molecule has 0 fully saturated rings. The molecule has 160 valence electrons. The van der Waals surface area contributed by atoms with Gasteiger partial charge in [0.25, 0.3) is 5.69 Å². The SMILES string of the molecule is Cc1ccc(OCCCOc2ccccc2/C=N\Nc2ccc([N+](=O)[O-])cc2)c(C)c1. The first kappa shape index (κ1) is 21.8. The number of hydrogen-bond donors (Lipinski definition) is 1. The van der Waals surface area contributed by atoms with Gasteiger partial charge in [-0.25, -0.2) is 0 Å². The molecule has 31 heavy (non-hydrogen) atoms. The van der Waals surface area contributed by atoms with Gasteiger partial charge in [-0.1, -0.05) is 29.8 Å². The van der Waals surface area contributed by atoms with Gasteiger partial charge in [0, 0.05) is 24.1 Å². The molecule has 0 aromatic heterocycles. The number of benzene rings is 3. The van der Waals surface area contributed by atoms with Crippen LogP contribution in [0, 0.1) is 24.0 Å². The molecule has 0 heterocycles. The number of ether oxygens (including phenoxy) is 2. The second-order valence-corrected chi connectivity index (χ2v) is 7.03. The highest BCUT2D eigenvalue weighted by atomic mass is 16.6. The number of hydrazone groups is 1. The summed E-state index contributed by atoms with van der Waals surface area (Å²) < 4.78 is 11.7. The third kappa shape index (κ3) is 6.57. The van der Waals surface area contributed by atoms with Gasteiger partial charge in [0.1, 0.15) is 11.5 Å². The Morgan fingerprint density at radius 3 is 2.39 bits per heavy atom. The van der Waals surface area contributed by atoms with Crippen molar-refractivity contribution < 1.29 is 14.4 Å². The third-order valence-corrected chi connectivity index (χ3v) is 4.53. The molecule has 0 radical (unpaired) electrons. The van der Waals surface area contributed by atoms with Crippen molar-refractivity contribution in [3.8, 4) is 11.5 Å². The quantitative estimate of drug-likeness (QED) is 0.203. The number of nitrogens with one attached hydrogen (secondary N) is 1. The molecule has 3 aromatic rings. The van der Waals surface area contributed by atoms with Crippen LogP contribution >= 0.6 is 0 Å². The van der Waals surface area contributed by atoms with E-state index in [-0.39, 0.29) is 5.69 Å². The minimum Gasteiger partial charge on any atom is -0.493 e. The summed E-state index contributed by atoms with van der Waals surface area (Å²) in [6.45, 7) is 5.19. The predicted octanol–water partition coefficient (Wildman–Crippen LogP) is 5.51. The van der Waals surface area contributed by atoms with Gasteiger partial charge < -0.3 is 9.47 Å². The predicted molar refractivity (Wildman–Crippen MR) is 122 cm³/mol. The Morgan fingerprint density at radius 2 is 1.68 bits per heavy atom. The number of hydrogen-bond acceptors (Lipinski definition) is 6. The smallest absolute Gasteiger partial charge is 0.269 e. The summed E-state index contributed by atoms with van der Waals surface area (Å²) in [5, 5.41) is 14.9. The molecule has 1 N–H and O–H groups in total. The van der Waals surface area contributed by atoms with Crippen molar-refractivity contribution in [2.24, 2.45) is 5.10 Å². The van der Waals surface area contributed by atoms with E-state index in [1.54, 1.807) is 18.3 Å². The van der Waals surface area contributed by atoms with Crippen molar-refractivity contribution in [1.82, 2.24) is 0 Å². The molecule has 3 rings (SSSR count). The fourth-order valence-electron chi connectivity index (χ4n) is 2.94. The first-order chi connectivity index (χ1) is 15.0. The van der Waals surface area contributed by atoms with E-state index in [1.807, 2.05) is 43.3 Å². The number of nitrogens with zero attached hydrogens (tertiary/aromatic N) is 2. The summed E-state index contributed by atoms with van der Waals surface area (Å²) in [4.78, 5) is 10.3. The Hall–Kier alpha value is -3.87. The molecule has 0 saturated carbocycles. The van der Waals surface area contributed by atoms with E-state index in [2.05, 4.69) is 23.5 Å². The molecule has 3 aromatic carbocycles. The molecule has 7 heteroatoms. The maximum absolute atomic E-state index is 10.7. The van der Waals surface area contributed by atoms with E-state index in [9.17, 15) is 10.1 Å². The number of rotatable bonds is 10. The lowest BCUT2D eigenvalue weighted by Gasteiger charge is -2.11. The van der Waals surface area contributed by atoms with E-state index in [4.69, 9.17) is 9.47 Å². The molecular formula is C24H25N3O4. The maximum Gasteiger partial charge on any atom is 0.269 e. The van der Waals surface area contributed by atoms with Gasteiger partial charge >= 0.3 is 0 Å². The van der Waals surface area contributed by atoms with E-state index in [0.29, 0.717) is 18.9 Å². The molecule has 0 saturated heterocycles. The topological polar surface area (TPSA) is 86.0 Å². The molecule has 0 aliphatic rings. The zero-order chi connectivity index (χ0) is 22.1. The van der Waals surface area contributed by atoms with Gasteiger partial charge in [0.15, 0.2) is 0 Å². The summed E-state index contributed by atoms with van der Waals surface area (Å²) in [5.41, 5.74) is 6.73. The molecule has 0 unspecified atom stereocenters. The zero-order valence-corrected chi connectivity index (χ0v) is 17.6. The fourth-order valence-corrected chi connectivity index (χ4v) is 2.94. The molecule has 0 atom stereocenters. The average molecular weight is 419 g/mol. The molecule has 0 bridgehead atoms. The van der Waals surface area contributed by atoms with Crippen molar-refractivity contribution in [2.45, 2.75) is 20.3 Å². The molecule has 0 spiro atoms. The Morgan fingerprint density at radius 1 is 0.968 bits per heavy atom. The number of para-hydroxylation sites is 1. The lowest BCUT2D eigenvalue weighted by molar-refractivity contribution is -0.384. The van der Waals surface area contributed by atoms with Crippen LogP contribution in [0.25, 0.3) is 0 Å². The molecular weight excluding hydrogens is 394 g/mol. The van der Waals surface area contributed by atoms with Crippen LogP contribution in [0.5, 0.6) is 11.5 Å². The van der Waals surface area contributed by atoms with Crippen LogP contribution in [0.3, 0.4) is 0 Å². The van der Waals surface area contributed by atoms with Gasteiger partial charge in [-0.2, -0.15) is 5.10 Å². The van der Waals surface area contributed by atoms with Crippen LogP contribution < -0.4 is 14.9 Å². The van der Waals surface area contributed by atoms with Crippen LogP contribution in [0.2, 0.25) is 0 Å². The van der Waals surface area contributed by atoms with E-state index in [0.717, 1.165) is 29.0 Å². The summed E-state index contributed by atoms with van der Waals surface area (Å²) in [5.74, 6) is 1.62. The summed E-state index contributed by atoms with van der Waals surface area (Å²) >= 11 is 0. The minimum absolute atomic E-state index is 0.0368. The number of non-ortho nitro benzene ring substituents is 1. The minimum atomic E-state index is -0.437. The Labute approximate surface area is 181 Å². The number of anilines is 1. The molecule has 7 nitrogen and oxygen atoms in total. The van der Waals surface area contributed by atoms with Crippen LogP contribution in [-0.2, 0) is 0 Å². The molecule has 0 aliphatic carbocycles. The van der Waals surface area contributed by atoms with E-state index < -0.39 is 4.92 Å². The third-order valence-electron chi connectivity index (χ3n) is 4.53. The van der Waals surface area contributed by atoms with Crippen LogP contribution in [0.1, 0.15) is 23.1 Å². The van der Waals surface area contributed by atoms with Crippen LogP contribution in [0.15, 0.2) is 71.8 Å². The van der Waals surface area contributed by atoms with E-state index >= 15 is 0 Å². The average Bonchev–Trinajstić information content (AvgIpc) is 2.76. The second kappa shape index (κ2) is 10.8. The molecule has 0 amide bonds. The largest absolute Gasteiger partial charge is 0.493 e. The maximum atomic E-state index is 10.7. The first-order valence-corrected chi connectivity index (χ1v) is 9.98. The van der Waals surface area contributed by atoms with Gasteiger partial charge in [0.05, 0.1) is 30.0 Å². The monoisotopic (exact) mass is 419 g/mol. The van der Waals surface area contributed by atoms with Crippen molar-refractivity contribution in [2.75, 3.05) is 18.6 Å². The number of aryl methyl sites for hydroxylation is 2. The summed E-state index contributed by atoms with van der Waals surface area (Å²) in [6.07, 6.45) is 2.41. The van der Waals surface area contributed by atoms with Gasteiger partial charge in [0.2, 0.25) is 0 Å². The molecule has 0 aliphatic heterocycles. The Bertz CT molecular complexity index is 1050. The van der Waals surface area contributed by atoms with Gasteiger partial charge in [-0.3, -0.25) is 15.5 Å². The lowest BCUT2D eigenvalue weighted by Crippen LogP contribution is -2.06. The Balaban J connectivity index is 1.48. The van der Waals surface area contributed by atoms with Crippen LogP contribution in [0.4, 0.5) is 11.4 Å². The zero-order valence-electron chi connectivity index (χ0n) is 17.6. The highest BCUT2D eigenvalue weighted by molar-refractivity contribution is 5.84. The highest BCUT2D eigenvalue weighted by Gasteiger charge is 2.04. The highest BCUT2D eigenvalue weighted by Crippen LogP contribution is 2.20. The van der Waals surface area contributed by atoms with Crippen molar-refractivity contribution in [1.29, 1.82) is 0 Å².